The van der Waals surface area contributed by atoms with Crippen LogP contribution in [0.1, 0.15) is 194 Å². The third-order valence-electron chi connectivity index (χ3n) is 10.8. The third kappa shape index (κ3) is 29.1. The fourth-order valence-electron chi connectivity index (χ4n) is 7.07. The molecule has 0 aromatic heterocycles. The number of aliphatic hydroxyl groups is 5. The zero-order valence-electron chi connectivity index (χ0n) is 36.3. The maximum atomic E-state index is 12.9. The third-order valence-corrected chi connectivity index (χ3v) is 10.8. The minimum absolute atomic E-state index is 0.198. The molecule has 57 heavy (non-hydrogen) atoms. The molecular formula is C48H87NO8. The molecule has 0 aromatic carbocycles. The molecule has 0 saturated carbocycles. The van der Waals surface area contributed by atoms with Crippen LogP contribution < -0.4 is 5.32 Å². The van der Waals surface area contributed by atoms with Crippen molar-refractivity contribution >= 4 is 5.91 Å². The van der Waals surface area contributed by atoms with Gasteiger partial charge in [-0.3, -0.25) is 4.79 Å². The van der Waals surface area contributed by atoms with Crippen molar-refractivity contribution in [1.82, 2.24) is 5.32 Å². The first-order valence-electron chi connectivity index (χ1n) is 23.4. The molecule has 1 fully saturated rings. The monoisotopic (exact) mass is 806 g/mol. The molecule has 1 rings (SSSR count). The Morgan fingerprint density at radius 1 is 0.579 bits per heavy atom. The zero-order valence-corrected chi connectivity index (χ0v) is 36.3. The number of amides is 1. The Morgan fingerprint density at radius 2 is 1.04 bits per heavy atom. The van der Waals surface area contributed by atoms with Gasteiger partial charge in [0.05, 0.1) is 25.4 Å². The predicted molar refractivity (Wildman–Crippen MR) is 235 cm³/mol. The van der Waals surface area contributed by atoms with Gasteiger partial charge < -0.3 is 40.3 Å². The number of nitrogens with one attached hydrogen (secondary N) is 1. The maximum absolute atomic E-state index is 12.9. The second kappa shape index (κ2) is 38.4. The smallest absolute Gasteiger partial charge is 0.220 e. The number of unbranched alkanes of at least 4 members (excludes halogenated alkanes) is 22. The molecule has 6 N–H and O–H groups in total. The molecule has 0 aliphatic carbocycles. The molecule has 1 aliphatic heterocycles. The number of allylic oxidation sites excluding steroid dienone is 7. The van der Waals surface area contributed by atoms with Gasteiger partial charge in [0, 0.05) is 6.42 Å². The molecule has 1 heterocycles. The van der Waals surface area contributed by atoms with Crippen molar-refractivity contribution < 1.29 is 39.8 Å². The maximum Gasteiger partial charge on any atom is 0.220 e. The van der Waals surface area contributed by atoms with Crippen LogP contribution in [0, 0.1) is 0 Å². The van der Waals surface area contributed by atoms with Crippen LogP contribution in [0.4, 0.5) is 0 Å². The van der Waals surface area contributed by atoms with E-state index in [1.54, 1.807) is 6.08 Å². The topological polar surface area (TPSA) is 149 Å². The molecule has 1 aliphatic rings. The first-order chi connectivity index (χ1) is 27.8. The van der Waals surface area contributed by atoms with Gasteiger partial charge in [0.25, 0.3) is 0 Å². The van der Waals surface area contributed by atoms with E-state index in [4.69, 9.17) is 9.47 Å². The van der Waals surface area contributed by atoms with E-state index in [1.165, 1.54) is 103 Å². The van der Waals surface area contributed by atoms with Crippen LogP contribution in [-0.2, 0) is 14.3 Å². The van der Waals surface area contributed by atoms with Crippen LogP contribution in [0.2, 0.25) is 0 Å². The summed E-state index contributed by atoms with van der Waals surface area (Å²) in [4.78, 5) is 12.9. The minimum Gasteiger partial charge on any atom is -0.394 e. The van der Waals surface area contributed by atoms with Crippen LogP contribution in [-0.4, -0.2) is 87.5 Å². The fourth-order valence-corrected chi connectivity index (χ4v) is 7.07. The van der Waals surface area contributed by atoms with E-state index in [0.29, 0.717) is 6.42 Å². The van der Waals surface area contributed by atoms with Gasteiger partial charge in [-0.25, -0.2) is 0 Å². The Labute approximate surface area is 348 Å². The Morgan fingerprint density at radius 3 is 1.54 bits per heavy atom. The number of hydrogen-bond acceptors (Lipinski definition) is 8. The van der Waals surface area contributed by atoms with Gasteiger partial charge in [0.1, 0.15) is 24.4 Å². The van der Waals surface area contributed by atoms with E-state index in [2.05, 4.69) is 55.6 Å². The van der Waals surface area contributed by atoms with E-state index in [0.717, 1.165) is 70.6 Å². The first-order valence-corrected chi connectivity index (χ1v) is 23.4. The lowest BCUT2D eigenvalue weighted by molar-refractivity contribution is -0.302. The molecule has 0 bridgehead atoms. The minimum atomic E-state index is -1.57. The highest BCUT2D eigenvalue weighted by atomic mass is 16.7. The fraction of sp³-hybridized carbons (Fsp3) is 0.812. The van der Waals surface area contributed by atoms with Gasteiger partial charge in [0.2, 0.25) is 5.91 Å². The number of carbonyl (C=O) groups is 1. The van der Waals surface area contributed by atoms with E-state index in [9.17, 15) is 30.3 Å². The van der Waals surface area contributed by atoms with E-state index in [-0.39, 0.29) is 12.5 Å². The van der Waals surface area contributed by atoms with Gasteiger partial charge in [-0.2, -0.15) is 0 Å². The first kappa shape index (κ1) is 53.2. The van der Waals surface area contributed by atoms with E-state index < -0.39 is 49.5 Å². The second-order valence-electron chi connectivity index (χ2n) is 16.2. The van der Waals surface area contributed by atoms with Crippen molar-refractivity contribution in [3.05, 3.63) is 48.6 Å². The summed E-state index contributed by atoms with van der Waals surface area (Å²) in [6, 6.07) is -0.829. The molecular weight excluding hydrogens is 719 g/mol. The number of hydrogen-bond donors (Lipinski definition) is 6. The molecule has 9 nitrogen and oxygen atoms in total. The molecule has 1 amide bonds. The lowest BCUT2D eigenvalue weighted by Gasteiger charge is -2.40. The van der Waals surface area contributed by atoms with Gasteiger partial charge in [-0.05, 0) is 64.2 Å². The summed E-state index contributed by atoms with van der Waals surface area (Å²) >= 11 is 0. The molecule has 0 aromatic rings. The summed E-state index contributed by atoms with van der Waals surface area (Å²) in [6.07, 6.45) is 41.7. The highest BCUT2D eigenvalue weighted by Crippen LogP contribution is 2.22. The van der Waals surface area contributed by atoms with Crippen molar-refractivity contribution in [3.8, 4) is 0 Å². The Balaban J connectivity index is 2.29. The van der Waals surface area contributed by atoms with Crippen LogP contribution in [0.25, 0.3) is 0 Å². The SMILES string of the molecule is CCC/C=C/CC/C=C/CC/C=C/C(O)C(COC1OC(CO)C(O)C(O)C1O)NC(=O)CCCCCCCCC/C=C\CCCCCCCCCCCCCC. The molecule has 0 spiro atoms. The molecule has 7 unspecified atom stereocenters. The summed E-state index contributed by atoms with van der Waals surface area (Å²) in [5.74, 6) is -0.198. The lowest BCUT2D eigenvalue weighted by Crippen LogP contribution is -2.60. The lowest BCUT2D eigenvalue weighted by atomic mass is 9.99. The molecule has 1 saturated heterocycles. The van der Waals surface area contributed by atoms with Crippen LogP contribution in [0.3, 0.4) is 0 Å². The number of ether oxygens (including phenoxy) is 2. The summed E-state index contributed by atoms with van der Waals surface area (Å²) < 4.78 is 11.2. The van der Waals surface area contributed by atoms with Crippen molar-refractivity contribution in [2.45, 2.75) is 236 Å². The second-order valence-corrected chi connectivity index (χ2v) is 16.2. The van der Waals surface area contributed by atoms with Gasteiger partial charge in [-0.15, -0.1) is 0 Å². The number of rotatable bonds is 38. The number of carbonyl (C=O) groups excluding carboxylic acids is 1. The highest BCUT2D eigenvalue weighted by molar-refractivity contribution is 5.76. The standard InChI is InChI=1S/C48H87NO8/c1-3-5-7-9-11-13-15-16-17-18-19-20-21-22-23-24-25-26-28-30-32-34-36-38-44(52)49-41(40-56-48-47(55)46(54)45(53)43(39-50)57-48)42(51)37-35-33-31-29-27-14-12-10-8-6-4-2/h8,10,22-23,27,29,35,37,41-43,45-48,50-51,53-55H,3-7,9,11-21,24-26,28,30-34,36,38-40H2,1-2H3,(H,49,52)/b10-8+,23-22-,29-27+,37-35+. The van der Waals surface area contributed by atoms with Crippen molar-refractivity contribution in [1.29, 1.82) is 0 Å². The molecule has 0 radical (unpaired) electrons. The molecule has 9 heteroatoms. The summed E-state index contributed by atoms with van der Waals surface area (Å²) in [5.41, 5.74) is 0. The van der Waals surface area contributed by atoms with Crippen molar-refractivity contribution in [2.24, 2.45) is 0 Å². The van der Waals surface area contributed by atoms with Crippen molar-refractivity contribution in [3.63, 3.8) is 0 Å². The summed E-state index contributed by atoms with van der Waals surface area (Å²) in [7, 11) is 0. The van der Waals surface area contributed by atoms with Crippen molar-refractivity contribution in [2.75, 3.05) is 13.2 Å². The Bertz CT molecular complexity index is 1030. The van der Waals surface area contributed by atoms with Crippen LogP contribution >= 0.6 is 0 Å². The number of aliphatic hydroxyl groups excluding tert-OH is 5. The van der Waals surface area contributed by atoms with Crippen LogP contribution in [0.5, 0.6) is 0 Å². The predicted octanol–water partition coefficient (Wildman–Crippen LogP) is 9.84. The average molecular weight is 806 g/mol. The van der Waals surface area contributed by atoms with E-state index >= 15 is 0 Å². The molecule has 332 valence electrons. The van der Waals surface area contributed by atoms with Gasteiger partial charge in [0.15, 0.2) is 6.29 Å². The quantitative estimate of drug-likeness (QED) is 0.0267. The van der Waals surface area contributed by atoms with Gasteiger partial charge in [-0.1, -0.05) is 172 Å². The largest absolute Gasteiger partial charge is 0.394 e. The van der Waals surface area contributed by atoms with Crippen LogP contribution in [0.15, 0.2) is 48.6 Å². The average Bonchev–Trinajstić information content (AvgIpc) is 3.21. The van der Waals surface area contributed by atoms with E-state index in [1.807, 2.05) is 6.08 Å². The zero-order chi connectivity index (χ0) is 41.6. The summed E-state index contributed by atoms with van der Waals surface area (Å²) in [5, 5.41) is 54.0. The molecule has 7 atom stereocenters. The van der Waals surface area contributed by atoms with Gasteiger partial charge >= 0.3 is 0 Å². The normalized spacial score (nSPS) is 21.4. The Hall–Kier alpha value is -1.85. The Kier molecular flexibility index (Phi) is 35.8. The highest BCUT2D eigenvalue weighted by Gasteiger charge is 2.44. The summed E-state index contributed by atoms with van der Waals surface area (Å²) in [6.45, 7) is 3.67.